The Bertz CT molecular complexity index is 456. The topological polar surface area (TPSA) is 66.4 Å². The van der Waals surface area contributed by atoms with E-state index in [9.17, 15) is 9.59 Å². The van der Waals surface area contributed by atoms with Gasteiger partial charge < -0.3 is 10.4 Å². The van der Waals surface area contributed by atoms with Crippen LogP contribution in [0.3, 0.4) is 0 Å². The van der Waals surface area contributed by atoms with Crippen molar-refractivity contribution in [2.24, 2.45) is 11.8 Å². The van der Waals surface area contributed by atoms with E-state index in [1.807, 2.05) is 6.07 Å². The summed E-state index contributed by atoms with van der Waals surface area (Å²) in [7, 11) is 0. The number of amides is 1. The van der Waals surface area contributed by atoms with Crippen LogP contribution >= 0.6 is 0 Å². The van der Waals surface area contributed by atoms with Gasteiger partial charge in [0.2, 0.25) is 5.91 Å². The first-order valence-electron chi connectivity index (χ1n) is 5.68. The van der Waals surface area contributed by atoms with Gasteiger partial charge in [-0.25, -0.2) is 4.79 Å². The molecule has 0 unspecified atom stereocenters. The highest BCUT2D eigenvalue weighted by atomic mass is 16.4. The van der Waals surface area contributed by atoms with E-state index in [0.29, 0.717) is 12.5 Å². The van der Waals surface area contributed by atoms with Crippen molar-refractivity contribution in [3.05, 3.63) is 35.4 Å². The molecule has 4 heteroatoms. The second-order valence-corrected chi connectivity index (χ2v) is 4.54. The molecule has 0 saturated heterocycles. The highest BCUT2D eigenvalue weighted by Gasteiger charge is 2.38. The van der Waals surface area contributed by atoms with Crippen molar-refractivity contribution < 1.29 is 14.7 Å². The summed E-state index contributed by atoms with van der Waals surface area (Å²) >= 11 is 0. The van der Waals surface area contributed by atoms with E-state index in [4.69, 9.17) is 5.11 Å². The molecule has 1 amide bonds. The normalized spacial score (nSPS) is 21.9. The van der Waals surface area contributed by atoms with Gasteiger partial charge in [0, 0.05) is 12.5 Å². The van der Waals surface area contributed by atoms with Gasteiger partial charge in [-0.3, -0.25) is 4.79 Å². The average Bonchev–Trinajstić information content (AvgIpc) is 3.04. The minimum atomic E-state index is -0.950. The zero-order valence-electron chi connectivity index (χ0n) is 9.64. The van der Waals surface area contributed by atoms with Crippen molar-refractivity contribution in [2.75, 3.05) is 0 Å². The summed E-state index contributed by atoms with van der Waals surface area (Å²) < 4.78 is 0. The third kappa shape index (κ3) is 2.84. The van der Waals surface area contributed by atoms with Crippen molar-refractivity contribution >= 4 is 11.9 Å². The predicted molar refractivity (Wildman–Crippen MR) is 62.5 cm³/mol. The summed E-state index contributed by atoms with van der Waals surface area (Å²) in [5.41, 5.74) is 1.06. The van der Waals surface area contributed by atoms with Crippen LogP contribution in [0.2, 0.25) is 0 Å². The summed E-state index contributed by atoms with van der Waals surface area (Å²) in [5, 5.41) is 11.7. The van der Waals surface area contributed by atoms with E-state index >= 15 is 0 Å². The fourth-order valence-corrected chi connectivity index (χ4v) is 1.82. The lowest BCUT2D eigenvalue weighted by molar-refractivity contribution is -0.122. The zero-order chi connectivity index (χ0) is 12.4. The molecule has 4 nitrogen and oxygen atoms in total. The zero-order valence-corrected chi connectivity index (χ0v) is 9.64. The molecule has 0 radical (unpaired) electrons. The van der Waals surface area contributed by atoms with Crippen LogP contribution in [0.5, 0.6) is 0 Å². The Balaban J connectivity index is 1.92. The third-order valence-electron chi connectivity index (χ3n) is 3.09. The van der Waals surface area contributed by atoms with Crippen LogP contribution in [0, 0.1) is 11.8 Å². The Morgan fingerprint density at radius 1 is 1.47 bits per heavy atom. The summed E-state index contributed by atoms with van der Waals surface area (Å²) in [6, 6.07) is 6.61. The van der Waals surface area contributed by atoms with Gasteiger partial charge in [-0.15, -0.1) is 0 Å². The number of carboxylic acids is 1. The molecule has 1 aromatic rings. The van der Waals surface area contributed by atoms with Crippen LogP contribution in [0.15, 0.2) is 24.3 Å². The Kier molecular flexibility index (Phi) is 3.13. The van der Waals surface area contributed by atoms with Crippen molar-refractivity contribution in [3.63, 3.8) is 0 Å². The lowest BCUT2D eigenvalue weighted by atomic mass is 10.1. The molecule has 2 rings (SSSR count). The first-order chi connectivity index (χ1) is 8.08. The highest BCUT2D eigenvalue weighted by Crippen LogP contribution is 2.37. The van der Waals surface area contributed by atoms with Crippen LogP contribution in [0.1, 0.15) is 29.3 Å². The lowest BCUT2D eigenvalue weighted by Crippen LogP contribution is -2.24. The molecule has 90 valence electrons. The highest BCUT2D eigenvalue weighted by molar-refractivity contribution is 5.87. The lowest BCUT2D eigenvalue weighted by Gasteiger charge is -2.05. The minimum absolute atomic E-state index is 0.0678. The monoisotopic (exact) mass is 233 g/mol. The molecule has 2 atom stereocenters. The van der Waals surface area contributed by atoms with Gasteiger partial charge in [0.05, 0.1) is 5.56 Å². The van der Waals surface area contributed by atoms with Crippen LogP contribution < -0.4 is 5.32 Å². The average molecular weight is 233 g/mol. The van der Waals surface area contributed by atoms with Crippen molar-refractivity contribution in [1.29, 1.82) is 0 Å². The van der Waals surface area contributed by atoms with E-state index in [2.05, 4.69) is 12.2 Å². The van der Waals surface area contributed by atoms with Gasteiger partial charge in [0.15, 0.2) is 0 Å². The van der Waals surface area contributed by atoms with E-state index < -0.39 is 5.97 Å². The van der Waals surface area contributed by atoms with Gasteiger partial charge in [0.25, 0.3) is 0 Å². The number of hydrogen-bond donors (Lipinski definition) is 2. The van der Waals surface area contributed by atoms with Gasteiger partial charge in [-0.2, -0.15) is 0 Å². The Labute approximate surface area is 99.6 Å². The number of benzene rings is 1. The predicted octanol–water partition coefficient (Wildman–Crippen LogP) is 1.66. The second kappa shape index (κ2) is 4.57. The van der Waals surface area contributed by atoms with E-state index in [0.717, 1.165) is 12.0 Å². The molecule has 1 aliphatic carbocycles. The van der Waals surface area contributed by atoms with E-state index in [1.165, 1.54) is 6.07 Å². The standard InChI is InChI=1S/C13H15NO3/c1-8-5-11(8)12(15)14-7-9-3-2-4-10(6-9)13(16)17/h2-4,6,8,11H,5,7H2,1H3,(H,14,15)(H,16,17)/t8-,11-/m1/s1. The number of rotatable bonds is 4. The molecule has 2 N–H and O–H groups in total. The molecule has 1 saturated carbocycles. The van der Waals surface area contributed by atoms with Gasteiger partial charge >= 0.3 is 5.97 Å². The largest absolute Gasteiger partial charge is 0.478 e. The maximum atomic E-state index is 11.6. The SMILES string of the molecule is C[C@@H]1C[C@H]1C(=O)NCc1cccc(C(=O)O)c1. The molecule has 0 aliphatic heterocycles. The van der Waals surface area contributed by atoms with Crippen molar-refractivity contribution in [1.82, 2.24) is 5.32 Å². The number of carbonyl (C=O) groups is 2. The Morgan fingerprint density at radius 3 is 2.76 bits per heavy atom. The summed E-state index contributed by atoms with van der Waals surface area (Å²) in [4.78, 5) is 22.3. The van der Waals surface area contributed by atoms with Crippen LogP contribution in [0.4, 0.5) is 0 Å². The van der Waals surface area contributed by atoms with Crippen molar-refractivity contribution in [2.45, 2.75) is 19.9 Å². The molecule has 0 aromatic heterocycles. The maximum Gasteiger partial charge on any atom is 0.335 e. The van der Waals surface area contributed by atoms with Crippen LogP contribution in [0.25, 0.3) is 0 Å². The second-order valence-electron chi connectivity index (χ2n) is 4.54. The molecule has 1 aliphatic rings. The number of nitrogens with one attached hydrogen (secondary N) is 1. The quantitative estimate of drug-likeness (QED) is 0.831. The summed E-state index contributed by atoms with van der Waals surface area (Å²) in [6.45, 7) is 2.44. The third-order valence-corrected chi connectivity index (χ3v) is 3.09. The number of carbonyl (C=O) groups excluding carboxylic acids is 1. The van der Waals surface area contributed by atoms with Crippen LogP contribution in [-0.2, 0) is 11.3 Å². The molecule has 17 heavy (non-hydrogen) atoms. The number of aromatic carboxylic acids is 1. The number of carboxylic acid groups (broad SMARTS) is 1. The van der Waals surface area contributed by atoms with Gasteiger partial charge in [-0.05, 0) is 30.0 Å². The van der Waals surface area contributed by atoms with Crippen molar-refractivity contribution in [3.8, 4) is 0 Å². The number of hydrogen-bond acceptors (Lipinski definition) is 2. The van der Waals surface area contributed by atoms with E-state index in [1.54, 1.807) is 12.1 Å². The van der Waals surface area contributed by atoms with Gasteiger partial charge in [0.1, 0.15) is 0 Å². The molecule has 0 bridgehead atoms. The molecule has 0 spiro atoms. The smallest absolute Gasteiger partial charge is 0.335 e. The molecular weight excluding hydrogens is 218 g/mol. The van der Waals surface area contributed by atoms with Gasteiger partial charge in [-0.1, -0.05) is 19.1 Å². The minimum Gasteiger partial charge on any atom is -0.478 e. The maximum absolute atomic E-state index is 11.6. The molecule has 1 aromatic carbocycles. The fourth-order valence-electron chi connectivity index (χ4n) is 1.82. The van der Waals surface area contributed by atoms with E-state index in [-0.39, 0.29) is 17.4 Å². The fraction of sp³-hybridized carbons (Fsp3) is 0.385. The summed E-state index contributed by atoms with van der Waals surface area (Å²) in [6.07, 6.45) is 0.959. The summed E-state index contributed by atoms with van der Waals surface area (Å²) in [5.74, 6) is -0.245. The molecular formula is C13H15NO3. The van der Waals surface area contributed by atoms with Crippen LogP contribution in [-0.4, -0.2) is 17.0 Å². The first kappa shape index (κ1) is 11.6. The molecule has 1 fully saturated rings. The first-order valence-corrected chi connectivity index (χ1v) is 5.68. The molecule has 0 heterocycles. The Hall–Kier alpha value is -1.84. The Morgan fingerprint density at radius 2 is 2.18 bits per heavy atom.